The summed E-state index contributed by atoms with van der Waals surface area (Å²) >= 11 is 1.41. The minimum Gasteiger partial charge on any atom is -0.494 e. The molecule has 2 aromatic rings. The molecular weight excluding hydrogens is 332 g/mol. The molecule has 3 rings (SSSR count). The lowest BCUT2D eigenvalue weighted by Gasteiger charge is -2.12. The first-order valence-electron chi connectivity index (χ1n) is 8.29. The topological polar surface area (TPSA) is 41.9 Å². The lowest BCUT2D eigenvalue weighted by Crippen LogP contribution is -2.28. The molecule has 0 radical (unpaired) electrons. The van der Waals surface area contributed by atoms with Gasteiger partial charge >= 0.3 is 0 Å². The zero-order valence-electron chi connectivity index (χ0n) is 14.3. The first-order valence-corrected chi connectivity index (χ1v) is 9.11. The highest BCUT2D eigenvalue weighted by atomic mass is 32.2. The molecule has 0 bridgehead atoms. The molecule has 4 nitrogen and oxygen atoms in total. The molecule has 0 N–H and O–H groups in total. The van der Waals surface area contributed by atoms with Crippen LogP contribution < -0.4 is 4.74 Å². The van der Waals surface area contributed by atoms with E-state index in [0.717, 1.165) is 17.0 Å². The van der Waals surface area contributed by atoms with Crippen LogP contribution in [-0.2, 0) is 4.79 Å². The van der Waals surface area contributed by atoms with Gasteiger partial charge < -0.3 is 4.74 Å². The van der Waals surface area contributed by atoms with Gasteiger partial charge in [-0.1, -0.05) is 30.3 Å². The summed E-state index contributed by atoms with van der Waals surface area (Å²) in [6.07, 6.45) is 1.91. The maximum Gasteiger partial charge on any atom is 0.266 e. The standard InChI is InChI=1S/C20H20N2O2S/c1-3-22-19(23)18(14-15-8-6-5-7-9-15)25-20(22)21-16-10-12-17(13-11-16)24-4-2/h5-14H,3-4H2,1-2H3/b18-14-,21-20?. The van der Waals surface area contributed by atoms with Gasteiger partial charge in [-0.3, -0.25) is 9.69 Å². The first kappa shape index (κ1) is 17.3. The molecule has 0 aliphatic carbocycles. The highest BCUT2D eigenvalue weighted by Gasteiger charge is 2.32. The summed E-state index contributed by atoms with van der Waals surface area (Å²) in [5.74, 6) is 0.819. The number of nitrogens with zero attached hydrogens (tertiary/aromatic N) is 2. The van der Waals surface area contributed by atoms with Crippen molar-refractivity contribution >= 4 is 34.6 Å². The number of rotatable bonds is 5. The molecule has 0 unspecified atom stereocenters. The summed E-state index contributed by atoms with van der Waals surface area (Å²) in [5, 5.41) is 0.707. The predicted molar refractivity (Wildman–Crippen MR) is 104 cm³/mol. The summed E-state index contributed by atoms with van der Waals surface area (Å²) < 4.78 is 5.45. The average molecular weight is 352 g/mol. The van der Waals surface area contributed by atoms with Gasteiger partial charge in [-0.25, -0.2) is 4.99 Å². The van der Waals surface area contributed by atoms with Crippen LogP contribution in [0.2, 0.25) is 0 Å². The number of aliphatic imine (C=N–C) groups is 1. The number of hydrogen-bond donors (Lipinski definition) is 0. The number of amides is 1. The summed E-state index contributed by atoms with van der Waals surface area (Å²) in [6, 6.07) is 17.4. The van der Waals surface area contributed by atoms with Crippen molar-refractivity contribution in [1.82, 2.24) is 4.90 Å². The van der Waals surface area contributed by atoms with Gasteiger partial charge in [-0.05, 0) is 61.5 Å². The van der Waals surface area contributed by atoms with Gasteiger partial charge in [0.05, 0.1) is 17.2 Å². The number of carbonyl (C=O) groups is 1. The van der Waals surface area contributed by atoms with Gasteiger partial charge in [0.25, 0.3) is 5.91 Å². The van der Waals surface area contributed by atoms with Crippen LogP contribution in [0.15, 0.2) is 64.5 Å². The molecule has 1 aliphatic rings. The number of likely N-dealkylation sites (N-methyl/N-ethyl adjacent to an activating group) is 1. The Labute approximate surface area is 152 Å². The quantitative estimate of drug-likeness (QED) is 0.732. The molecule has 0 saturated carbocycles. The van der Waals surface area contributed by atoms with E-state index in [0.29, 0.717) is 23.2 Å². The fourth-order valence-corrected chi connectivity index (χ4v) is 3.53. The van der Waals surface area contributed by atoms with Crippen LogP contribution in [0.1, 0.15) is 19.4 Å². The van der Waals surface area contributed by atoms with E-state index in [4.69, 9.17) is 4.74 Å². The highest BCUT2D eigenvalue weighted by Crippen LogP contribution is 2.34. The molecule has 1 saturated heterocycles. The van der Waals surface area contributed by atoms with Crippen molar-refractivity contribution in [2.45, 2.75) is 13.8 Å². The van der Waals surface area contributed by atoms with Gasteiger partial charge in [0.2, 0.25) is 0 Å². The molecule has 1 fully saturated rings. The Kier molecular flexibility index (Phi) is 5.56. The van der Waals surface area contributed by atoms with Crippen molar-refractivity contribution in [3.8, 4) is 5.75 Å². The minimum atomic E-state index is 0.000963. The fraction of sp³-hybridized carbons (Fsp3) is 0.200. The van der Waals surface area contributed by atoms with E-state index in [1.54, 1.807) is 4.90 Å². The van der Waals surface area contributed by atoms with Crippen molar-refractivity contribution in [3.63, 3.8) is 0 Å². The van der Waals surface area contributed by atoms with E-state index in [-0.39, 0.29) is 5.91 Å². The fourth-order valence-electron chi connectivity index (χ4n) is 2.46. The number of carbonyl (C=O) groups excluding carboxylic acids is 1. The van der Waals surface area contributed by atoms with Gasteiger partial charge in [0.15, 0.2) is 5.17 Å². The lowest BCUT2D eigenvalue weighted by atomic mass is 10.2. The second kappa shape index (κ2) is 8.03. The number of hydrogen-bond acceptors (Lipinski definition) is 4. The predicted octanol–water partition coefficient (Wildman–Crippen LogP) is 4.71. The lowest BCUT2D eigenvalue weighted by molar-refractivity contribution is -0.122. The van der Waals surface area contributed by atoms with Crippen molar-refractivity contribution < 1.29 is 9.53 Å². The van der Waals surface area contributed by atoms with Crippen molar-refractivity contribution in [2.24, 2.45) is 4.99 Å². The van der Waals surface area contributed by atoms with E-state index in [2.05, 4.69) is 4.99 Å². The SMILES string of the molecule is CCOc1ccc(N=C2S/C(=C\c3ccccc3)C(=O)N2CC)cc1. The second-order valence-electron chi connectivity index (χ2n) is 5.39. The largest absolute Gasteiger partial charge is 0.494 e. The number of amidine groups is 1. The zero-order valence-corrected chi connectivity index (χ0v) is 15.1. The third-order valence-corrected chi connectivity index (χ3v) is 4.68. The van der Waals surface area contributed by atoms with Crippen LogP contribution in [-0.4, -0.2) is 29.1 Å². The Morgan fingerprint density at radius 1 is 1.08 bits per heavy atom. The van der Waals surface area contributed by atoms with Gasteiger partial charge in [-0.2, -0.15) is 0 Å². The van der Waals surface area contributed by atoms with Crippen LogP contribution in [0.25, 0.3) is 6.08 Å². The maximum atomic E-state index is 12.6. The van der Waals surface area contributed by atoms with Crippen LogP contribution in [0.4, 0.5) is 5.69 Å². The smallest absolute Gasteiger partial charge is 0.266 e. The average Bonchev–Trinajstić information content (AvgIpc) is 2.92. The molecule has 2 aromatic carbocycles. The van der Waals surface area contributed by atoms with Crippen LogP contribution in [0, 0.1) is 0 Å². The molecule has 0 atom stereocenters. The van der Waals surface area contributed by atoms with Crippen LogP contribution >= 0.6 is 11.8 Å². The van der Waals surface area contributed by atoms with Gasteiger partial charge in [-0.15, -0.1) is 0 Å². The van der Waals surface area contributed by atoms with Crippen LogP contribution in [0.3, 0.4) is 0 Å². The Hall–Kier alpha value is -2.53. The summed E-state index contributed by atoms with van der Waals surface area (Å²) in [6.45, 7) is 5.13. The van der Waals surface area contributed by atoms with E-state index in [9.17, 15) is 4.79 Å². The molecule has 5 heteroatoms. The van der Waals surface area contributed by atoms with Crippen molar-refractivity contribution in [1.29, 1.82) is 0 Å². The highest BCUT2D eigenvalue weighted by molar-refractivity contribution is 8.18. The second-order valence-corrected chi connectivity index (χ2v) is 6.40. The Morgan fingerprint density at radius 3 is 2.44 bits per heavy atom. The molecule has 25 heavy (non-hydrogen) atoms. The minimum absolute atomic E-state index is 0.000963. The molecule has 128 valence electrons. The number of ether oxygens (including phenoxy) is 1. The van der Waals surface area contributed by atoms with E-state index in [1.165, 1.54) is 11.8 Å². The first-order chi connectivity index (χ1) is 12.2. The van der Waals surface area contributed by atoms with E-state index < -0.39 is 0 Å². The van der Waals surface area contributed by atoms with Crippen molar-refractivity contribution in [3.05, 3.63) is 65.1 Å². The Morgan fingerprint density at radius 2 is 1.80 bits per heavy atom. The van der Waals surface area contributed by atoms with Crippen molar-refractivity contribution in [2.75, 3.05) is 13.2 Å². The van der Waals surface area contributed by atoms with Gasteiger partial charge in [0.1, 0.15) is 5.75 Å². The normalized spacial score (nSPS) is 17.5. The number of benzene rings is 2. The summed E-state index contributed by atoms with van der Waals surface area (Å²) in [5.41, 5.74) is 1.81. The molecular formula is C20H20N2O2S. The Balaban J connectivity index is 1.85. The molecule has 1 heterocycles. The molecule has 1 amide bonds. The summed E-state index contributed by atoms with van der Waals surface area (Å²) in [7, 11) is 0. The molecule has 0 spiro atoms. The van der Waals surface area contributed by atoms with E-state index in [1.807, 2.05) is 74.5 Å². The van der Waals surface area contributed by atoms with Gasteiger partial charge in [0, 0.05) is 6.54 Å². The Bertz CT molecular complexity index is 798. The summed E-state index contributed by atoms with van der Waals surface area (Å²) in [4.78, 5) is 19.7. The third kappa shape index (κ3) is 4.12. The monoisotopic (exact) mass is 352 g/mol. The molecule has 0 aromatic heterocycles. The van der Waals surface area contributed by atoms with Crippen LogP contribution in [0.5, 0.6) is 5.75 Å². The number of thioether (sulfide) groups is 1. The van der Waals surface area contributed by atoms with E-state index >= 15 is 0 Å². The third-order valence-electron chi connectivity index (χ3n) is 3.67. The maximum absolute atomic E-state index is 12.6. The molecule has 1 aliphatic heterocycles. The zero-order chi connectivity index (χ0) is 17.6.